The van der Waals surface area contributed by atoms with Gasteiger partial charge in [-0.2, -0.15) is 0 Å². The second-order valence-corrected chi connectivity index (χ2v) is 17.8. The lowest BCUT2D eigenvalue weighted by molar-refractivity contribution is -0.161. The van der Waals surface area contributed by atoms with Crippen LogP contribution in [0, 0.1) is 40.4 Å². The Labute approximate surface area is 295 Å². The van der Waals surface area contributed by atoms with E-state index in [1.807, 2.05) is 56.1 Å². The third-order valence-corrected chi connectivity index (χ3v) is 13.1. The molecular weight excluding hydrogens is 608 g/mol. The standard InChI is InChI=1S/C43H60N2O4/c1-27(2)28(3)17-18-29(4)34-21-22-35-31(16-13-23-42(34,35)8)25-43(9)36-24-33(49-40(48)41(5,6)7)20-19-32(36)26-44-38(46)37(39(47)45(43)44)30-14-11-10-12-15-30/h10-12,14-15,17-18,25,27-29,33-35,37H,13,16,19-24,26H2,1-9H3/b18-17+,31-25+/t28-,29+,33-,34-,35+,37-,42+,43-/m0/s1. The summed E-state index contributed by atoms with van der Waals surface area (Å²) in [4.78, 5) is 41.8. The molecule has 6 nitrogen and oxygen atoms in total. The highest BCUT2D eigenvalue weighted by atomic mass is 16.5. The number of nitrogens with zero attached hydrogens (tertiary/aromatic N) is 2. The predicted octanol–water partition coefficient (Wildman–Crippen LogP) is 9.19. The van der Waals surface area contributed by atoms with Gasteiger partial charge < -0.3 is 4.74 Å². The Bertz CT molecular complexity index is 1550. The van der Waals surface area contributed by atoms with Crippen LogP contribution in [-0.2, 0) is 19.1 Å². The molecule has 6 rings (SSSR count). The van der Waals surface area contributed by atoms with E-state index < -0.39 is 16.9 Å². The molecular formula is C43H60N2O4. The topological polar surface area (TPSA) is 66.9 Å². The first-order chi connectivity index (χ1) is 23.1. The van der Waals surface area contributed by atoms with Gasteiger partial charge in [0.1, 0.15) is 17.6 Å². The molecule has 0 radical (unpaired) electrons. The first kappa shape index (κ1) is 35.7. The Kier molecular flexibility index (Phi) is 9.60. The molecule has 0 spiro atoms. The summed E-state index contributed by atoms with van der Waals surface area (Å²) in [5.74, 6) is 1.42. The minimum Gasteiger partial charge on any atom is -0.462 e. The van der Waals surface area contributed by atoms with E-state index >= 15 is 0 Å². The molecule has 0 unspecified atom stereocenters. The summed E-state index contributed by atoms with van der Waals surface area (Å²) in [6.07, 6.45) is 14.9. The van der Waals surface area contributed by atoms with Crippen molar-refractivity contribution in [1.29, 1.82) is 0 Å². The molecule has 2 aliphatic heterocycles. The zero-order chi connectivity index (χ0) is 35.5. The number of amides is 2. The minimum atomic E-state index is -0.844. The number of ether oxygens (including phenoxy) is 1. The molecule has 0 N–H and O–H groups in total. The fourth-order valence-electron chi connectivity index (χ4n) is 9.92. The lowest BCUT2D eigenvalue weighted by Gasteiger charge is -2.51. The van der Waals surface area contributed by atoms with Gasteiger partial charge in [-0.1, -0.05) is 88.8 Å². The molecule has 1 aromatic carbocycles. The number of benzene rings is 1. The molecule has 8 atom stereocenters. The maximum Gasteiger partial charge on any atom is 0.311 e. The number of hydrogen-bond donors (Lipinski definition) is 0. The summed E-state index contributed by atoms with van der Waals surface area (Å²) >= 11 is 0. The molecule has 1 aromatic rings. The Balaban J connectivity index is 1.39. The van der Waals surface area contributed by atoms with E-state index in [0.717, 1.165) is 43.2 Å². The van der Waals surface area contributed by atoms with E-state index in [1.54, 1.807) is 5.01 Å². The molecule has 3 fully saturated rings. The monoisotopic (exact) mass is 668 g/mol. The Morgan fingerprint density at radius 3 is 2.35 bits per heavy atom. The summed E-state index contributed by atoms with van der Waals surface area (Å²) in [6.45, 7) is 20.1. The number of fused-ring (bicyclic) bond motifs is 2. The normalized spacial score (nSPS) is 34.0. The van der Waals surface area contributed by atoms with Crippen molar-refractivity contribution in [2.75, 3.05) is 6.54 Å². The smallest absolute Gasteiger partial charge is 0.311 e. The van der Waals surface area contributed by atoms with Crippen LogP contribution in [0.3, 0.4) is 0 Å². The Hall–Kier alpha value is -3.15. The highest BCUT2D eigenvalue weighted by molar-refractivity contribution is 6.11. The molecule has 6 heteroatoms. The number of carbonyl (C=O) groups excluding carboxylic acids is 3. The highest BCUT2D eigenvalue weighted by Crippen LogP contribution is 2.60. The van der Waals surface area contributed by atoms with Crippen molar-refractivity contribution in [3.63, 3.8) is 0 Å². The fraction of sp³-hybridized carbons (Fsp3) is 0.651. The second kappa shape index (κ2) is 13.2. The van der Waals surface area contributed by atoms with Crippen LogP contribution in [0.2, 0.25) is 0 Å². The van der Waals surface area contributed by atoms with Gasteiger partial charge >= 0.3 is 5.97 Å². The molecule has 0 aromatic heterocycles. The zero-order valence-electron chi connectivity index (χ0n) is 31.6. The van der Waals surface area contributed by atoms with Crippen LogP contribution in [0.15, 0.2) is 65.3 Å². The van der Waals surface area contributed by atoms with Gasteiger partial charge in [0.25, 0.3) is 11.8 Å². The molecule has 5 aliphatic rings. The van der Waals surface area contributed by atoms with Gasteiger partial charge in [0, 0.05) is 6.42 Å². The Morgan fingerprint density at radius 1 is 0.959 bits per heavy atom. The van der Waals surface area contributed by atoms with Crippen LogP contribution in [0.25, 0.3) is 0 Å². The van der Waals surface area contributed by atoms with E-state index in [0.29, 0.717) is 42.6 Å². The van der Waals surface area contributed by atoms with E-state index in [4.69, 9.17) is 4.74 Å². The first-order valence-corrected chi connectivity index (χ1v) is 19.1. The van der Waals surface area contributed by atoms with Crippen molar-refractivity contribution in [2.45, 2.75) is 131 Å². The predicted molar refractivity (Wildman–Crippen MR) is 195 cm³/mol. The first-order valence-electron chi connectivity index (χ1n) is 19.1. The van der Waals surface area contributed by atoms with Gasteiger partial charge in [-0.05, 0) is 124 Å². The molecule has 3 aliphatic carbocycles. The molecule has 49 heavy (non-hydrogen) atoms. The third kappa shape index (κ3) is 6.35. The second-order valence-electron chi connectivity index (χ2n) is 17.8. The van der Waals surface area contributed by atoms with Gasteiger partial charge in [0.15, 0.2) is 0 Å². The molecule has 2 amide bonds. The number of hydrogen-bond acceptors (Lipinski definition) is 4. The van der Waals surface area contributed by atoms with Crippen LogP contribution in [-0.4, -0.2) is 46.0 Å². The Morgan fingerprint density at radius 2 is 1.67 bits per heavy atom. The van der Waals surface area contributed by atoms with Crippen molar-refractivity contribution in [3.8, 4) is 0 Å². The molecule has 266 valence electrons. The number of carbonyl (C=O) groups is 3. The van der Waals surface area contributed by atoms with Crippen LogP contribution in [0.4, 0.5) is 0 Å². The van der Waals surface area contributed by atoms with Crippen molar-refractivity contribution in [3.05, 3.63) is 70.8 Å². The summed E-state index contributed by atoms with van der Waals surface area (Å²) in [7, 11) is 0. The average Bonchev–Trinajstić information content (AvgIpc) is 3.53. The van der Waals surface area contributed by atoms with Crippen molar-refractivity contribution >= 4 is 17.8 Å². The van der Waals surface area contributed by atoms with Crippen molar-refractivity contribution < 1.29 is 19.1 Å². The van der Waals surface area contributed by atoms with Crippen molar-refractivity contribution in [2.24, 2.45) is 40.4 Å². The van der Waals surface area contributed by atoms with E-state index in [1.165, 1.54) is 24.0 Å². The highest BCUT2D eigenvalue weighted by Gasteiger charge is 2.58. The van der Waals surface area contributed by atoms with Gasteiger partial charge in [-0.25, -0.2) is 10.0 Å². The SMILES string of the molecule is CC(C)[C@@H](C)/C=C/[C@@H](C)[C@@H]1CC[C@@H]2/C(=C/[C@@]3(C)C4=C(CC[C@H](OC(=O)C(C)(C)C)C4)CN4C(=O)[C@H](c5ccccc5)C(=O)N43)CCC[C@@]21C. The molecule has 0 bridgehead atoms. The average molecular weight is 669 g/mol. The van der Waals surface area contributed by atoms with E-state index in [2.05, 4.69) is 59.8 Å². The lowest BCUT2D eigenvalue weighted by atomic mass is 9.60. The van der Waals surface area contributed by atoms with Crippen LogP contribution >= 0.6 is 0 Å². The van der Waals surface area contributed by atoms with Gasteiger partial charge in [-0.3, -0.25) is 14.4 Å². The largest absolute Gasteiger partial charge is 0.462 e. The third-order valence-electron chi connectivity index (χ3n) is 13.1. The van der Waals surface area contributed by atoms with Crippen LogP contribution in [0.5, 0.6) is 0 Å². The maximum atomic E-state index is 14.6. The van der Waals surface area contributed by atoms with E-state index in [-0.39, 0.29) is 29.3 Å². The minimum absolute atomic E-state index is 0.140. The zero-order valence-corrected chi connectivity index (χ0v) is 31.6. The number of esters is 1. The molecule has 2 saturated carbocycles. The van der Waals surface area contributed by atoms with Gasteiger partial charge in [-0.15, -0.1) is 0 Å². The molecule has 2 heterocycles. The van der Waals surface area contributed by atoms with Gasteiger partial charge in [0.05, 0.1) is 12.0 Å². The van der Waals surface area contributed by atoms with Crippen molar-refractivity contribution in [1.82, 2.24) is 10.0 Å². The summed E-state index contributed by atoms with van der Waals surface area (Å²) in [6, 6.07) is 9.52. The lowest BCUT2D eigenvalue weighted by Crippen LogP contribution is -2.60. The molecule has 1 saturated heterocycles. The number of hydrazine groups is 1. The summed E-state index contributed by atoms with van der Waals surface area (Å²) in [5, 5.41) is 3.56. The quantitative estimate of drug-likeness (QED) is 0.165. The fourth-order valence-corrected chi connectivity index (χ4v) is 9.92. The summed E-state index contributed by atoms with van der Waals surface area (Å²) in [5.41, 5.74) is 3.34. The van der Waals surface area contributed by atoms with Crippen LogP contribution < -0.4 is 0 Å². The number of rotatable bonds is 7. The van der Waals surface area contributed by atoms with Gasteiger partial charge in [0.2, 0.25) is 0 Å². The number of allylic oxidation sites excluding steroid dienone is 3. The maximum absolute atomic E-state index is 14.6. The summed E-state index contributed by atoms with van der Waals surface area (Å²) < 4.78 is 6.13. The van der Waals surface area contributed by atoms with E-state index in [9.17, 15) is 14.4 Å². The van der Waals surface area contributed by atoms with Crippen LogP contribution in [0.1, 0.15) is 125 Å².